The fraction of sp³-hybridized carbons (Fsp3) is 0.440. The van der Waals surface area contributed by atoms with Gasteiger partial charge in [-0.15, -0.1) is 0 Å². The SMILES string of the molecule is COc1cc(C(C)=O)ccc1OCCCCN1CCC(c2noc3cc(Cl)ccc23)CC1. The van der Waals surface area contributed by atoms with E-state index in [-0.39, 0.29) is 5.78 Å². The Bertz CT molecular complexity index is 1070. The van der Waals surface area contributed by atoms with Gasteiger partial charge in [-0.3, -0.25) is 4.79 Å². The number of rotatable bonds is 9. The topological polar surface area (TPSA) is 64.8 Å². The molecular formula is C25H29ClN2O4. The molecule has 6 nitrogen and oxygen atoms in total. The van der Waals surface area contributed by atoms with E-state index in [0.717, 1.165) is 62.0 Å². The minimum atomic E-state index is 0.0137. The fourth-order valence-electron chi connectivity index (χ4n) is 4.28. The van der Waals surface area contributed by atoms with Gasteiger partial charge >= 0.3 is 0 Å². The third kappa shape index (κ3) is 5.25. The Hall–Kier alpha value is -2.57. The number of hydrogen-bond acceptors (Lipinski definition) is 6. The van der Waals surface area contributed by atoms with Crippen LogP contribution in [0.15, 0.2) is 40.9 Å². The molecule has 2 heterocycles. The number of nitrogens with zero attached hydrogens (tertiary/aromatic N) is 2. The lowest BCUT2D eigenvalue weighted by atomic mass is 9.91. The van der Waals surface area contributed by atoms with Crippen LogP contribution in [0.25, 0.3) is 11.0 Å². The van der Waals surface area contributed by atoms with E-state index in [1.807, 2.05) is 24.3 Å². The molecule has 32 heavy (non-hydrogen) atoms. The summed E-state index contributed by atoms with van der Waals surface area (Å²) in [6.07, 6.45) is 4.21. The number of piperidine rings is 1. The third-order valence-electron chi connectivity index (χ3n) is 6.13. The van der Waals surface area contributed by atoms with E-state index < -0.39 is 0 Å². The van der Waals surface area contributed by atoms with Gasteiger partial charge < -0.3 is 18.9 Å². The van der Waals surface area contributed by atoms with Gasteiger partial charge in [0.1, 0.15) is 0 Å². The third-order valence-corrected chi connectivity index (χ3v) is 6.37. The quantitative estimate of drug-likeness (QED) is 0.302. The highest BCUT2D eigenvalue weighted by Gasteiger charge is 2.24. The molecule has 0 radical (unpaired) electrons. The summed E-state index contributed by atoms with van der Waals surface area (Å²) in [5.41, 5.74) is 2.46. The Morgan fingerprint density at radius 2 is 1.97 bits per heavy atom. The van der Waals surface area contributed by atoms with E-state index in [1.54, 1.807) is 26.2 Å². The number of methoxy groups -OCH3 is 1. The van der Waals surface area contributed by atoms with Crippen molar-refractivity contribution in [1.29, 1.82) is 0 Å². The maximum Gasteiger partial charge on any atom is 0.168 e. The first kappa shape index (κ1) is 22.6. The Morgan fingerprint density at radius 3 is 2.72 bits per heavy atom. The van der Waals surface area contributed by atoms with Crippen LogP contribution in [0.2, 0.25) is 5.02 Å². The molecule has 0 amide bonds. The monoisotopic (exact) mass is 456 g/mol. The Kier molecular flexibility index (Phi) is 7.33. The van der Waals surface area contributed by atoms with Gasteiger partial charge in [0.05, 0.1) is 19.4 Å². The van der Waals surface area contributed by atoms with Crippen LogP contribution in [0.1, 0.15) is 54.6 Å². The number of ether oxygens (including phenoxy) is 2. The first-order valence-corrected chi connectivity index (χ1v) is 11.5. The van der Waals surface area contributed by atoms with Crippen molar-refractivity contribution in [3.8, 4) is 11.5 Å². The van der Waals surface area contributed by atoms with E-state index in [1.165, 1.54) is 0 Å². The van der Waals surface area contributed by atoms with Crippen molar-refractivity contribution in [1.82, 2.24) is 10.1 Å². The molecule has 1 aromatic heterocycles. The van der Waals surface area contributed by atoms with E-state index in [2.05, 4.69) is 10.1 Å². The average molecular weight is 457 g/mol. The predicted octanol–water partition coefficient (Wildman–Crippen LogP) is 5.73. The Labute approximate surface area is 193 Å². The number of unbranched alkanes of at least 4 members (excludes halogenated alkanes) is 1. The van der Waals surface area contributed by atoms with Crippen molar-refractivity contribution in [3.05, 3.63) is 52.7 Å². The van der Waals surface area contributed by atoms with Crippen molar-refractivity contribution in [2.45, 2.75) is 38.5 Å². The van der Waals surface area contributed by atoms with E-state index in [4.69, 9.17) is 25.6 Å². The molecule has 1 fully saturated rings. The maximum absolute atomic E-state index is 11.5. The summed E-state index contributed by atoms with van der Waals surface area (Å²) in [5.74, 6) is 1.73. The molecule has 0 spiro atoms. The number of halogens is 1. The molecule has 0 saturated carbocycles. The van der Waals surface area contributed by atoms with Crippen molar-refractivity contribution in [2.75, 3.05) is 33.4 Å². The molecule has 0 atom stereocenters. The lowest BCUT2D eigenvalue weighted by Crippen LogP contribution is -2.34. The van der Waals surface area contributed by atoms with Crippen molar-refractivity contribution in [3.63, 3.8) is 0 Å². The molecule has 0 aliphatic carbocycles. The molecule has 3 aromatic rings. The van der Waals surface area contributed by atoms with Crippen LogP contribution in [-0.2, 0) is 0 Å². The summed E-state index contributed by atoms with van der Waals surface area (Å²) in [6.45, 7) is 5.36. The summed E-state index contributed by atoms with van der Waals surface area (Å²) < 4.78 is 16.7. The minimum Gasteiger partial charge on any atom is -0.493 e. The standard InChI is InChI=1S/C25H29ClN2O4/c1-17(29)19-5-8-22(24(15-19)30-2)31-14-4-3-11-28-12-9-18(10-13-28)25-21-7-6-20(26)16-23(21)32-27-25/h5-8,15-16,18H,3-4,9-14H2,1-2H3. The first-order valence-electron chi connectivity index (χ1n) is 11.1. The number of Topliss-reactive ketones (excluding diaryl/α,β-unsaturated/α-hetero) is 1. The molecule has 1 saturated heterocycles. The van der Waals surface area contributed by atoms with Crippen LogP contribution in [0.4, 0.5) is 0 Å². The zero-order valence-corrected chi connectivity index (χ0v) is 19.4. The van der Waals surface area contributed by atoms with Gasteiger partial charge in [-0.1, -0.05) is 16.8 Å². The van der Waals surface area contributed by atoms with E-state index >= 15 is 0 Å². The van der Waals surface area contributed by atoms with Gasteiger partial charge in [-0.2, -0.15) is 0 Å². The molecule has 7 heteroatoms. The lowest BCUT2D eigenvalue weighted by Gasteiger charge is -2.31. The Balaban J connectivity index is 1.19. The van der Waals surface area contributed by atoms with E-state index in [9.17, 15) is 4.79 Å². The van der Waals surface area contributed by atoms with Crippen molar-refractivity contribution < 1.29 is 18.8 Å². The minimum absolute atomic E-state index is 0.0137. The second kappa shape index (κ2) is 10.4. The van der Waals surface area contributed by atoms with Gasteiger partial charge in [0.15, 0.2) is 22.9 Å². The van der Waals surface area contributed by atoms with Gasteiger partial charge in [-0.05, 0) is 82.6 Å². The van der Waals surface area contributed by atoms with Gasteiger partial charge in [0.25, 0.3) is 0 Å². The van der Waals surface area contributed by atoms with Gasteiger partial charge in [0.2, 0.25) is 0 Å². The number of hydrogen-bond donors (Lipinski definition) is 0. The molecule has 4 rings (SSSR count). The number of carbonyl (C=O) groups is 1. The number of aromatic nitrogens is 1. The molecule has 0 unspecified atom stereocenters. The largest absolute Gasteiger partial charge is 0.493 e. The maximum atomic E-state index is 11.5. The molecule has 1 aliphatic heterocycles. The summed E-state index contributed by atoms with van der Waals surface area (Å²) in [4.78, 5) is 14.0. The first-order chi connectivity index (χ1) is 15.5. The fourth-order valence-corrected chi connectivity index (χ4v) is 4.44. The zero-order valence-electron chi connectivity index (χ0n) is 18.6. The second-order valence-corrected chi connectivity index (χ2v) is 8.74. The van der Waals surface area contributed by atoms with Gasteiger partial charge in [-0.25, -0.2) is 0 Å². The van der Waals surface area contributed by atoms with Crippen LogP contribution in [0.3, 0.4) is 0 Å². The average Bonchev–Trinajstić information content (AvgIpc) is 3.22. The van der Waals surface area contributed by atoms with E-state index in [0.29, 0.717) is 34.6 Å². The normalized spacial score (nSPS) is 15.2. The summed E-state index contributed by atoms with van der Waals surface area (Å²) in [5, 5.41) is 6.08. The Morgan fingerprint density at radius 1 is 1.16 bits per heavy atom. The number of benzene rings is 2. The van der Waals surface area contributed by atoms with Crippen LogP contribution < -0.4 is 9.47 Å². The molecule has 1 aliphatic rings. The highest BCUT2D eigenvalue weighted by atomic mass is 35.5. The molecule has 0 bridgehead atoms. The van der Waals surface area contributed by atoms with Crippen molar-refractivity contribution in [2.24, 2.45) is 0 Å². The number of fused-ring (bicyclic) bond motifs is 1. The highest BCUT2D eigenvalue weighted by molar-refractivity contribution is 6.31. The van der Waals surface area contributed by atoms with Crippen LogP contribution in [0, 0.1) is 0 Å². The summed E-state index contributed by atoms with van der Waals surface area (Å²) in [7, 11) is 1.59. The predicted molar refractivity (Wildman–Crippen MR) is 125 cm³/mol. The summed E-state index contributed by atoms with van der Waals surface area (Å²) in [6, 6.07) is 11.1. The summed E-state index contributed by atoms with van der Waals surface area (Å²) >= 11 is 6.05. The van der Waals surface area contributed by atoms with Gasteiger partial charge in [0, 0.05) is 28.0 Å². The molecule has 170 valence electrons. The molecule has 2 aromatic carbocycles. The second-order valence-electron chi connectivity index (χ2n) is 8.30. The van der Waals surface area contributed by atoms with Crippen LogP contribution >= 0.6 is 11.6 Å². The molecule has 0 N–H and O–H groups in total. The lowest BCUT2D eigenvalue weighted by molar-refractivity contribution is 0.101. The number of likely N-dealkylation sites (tertiary alicyclic amines) is 1. The van der Waals surface area contributed by atoms with Crippen LogP contribution in [0.5, 0.6) is 11.5 Å². The highest BCUT2D eigenvalue weighted by Crippen LogP contribution is 2.33. The molecular weight excluding hydrogens is 428 g/mol. The number of ketones is 1. The van der Waals surface area contributed by atoms with Crippen molar-refractivity contribution >= 4 is 28.4 Å². The smallest absolute Gasteiger partial charge is 0.168 e. The number of carbonyl (C=O) groups excluding carboxylic acids is 1. The van der Waals surface area contributed by atoms with Crippen LogP contribution in [-0.4, -0.2) is 49.2 Å². The zero-order chi connectivity index (χ0) is 22.5.